The molecule has 112 valence electrons. The summed E-state index contributed by atoms with van der Waals surface area (Å²) in [5.41, 5.74) is 7.26. The lowest BCUT2D eigenvalue weighted by Gasteiger charge is -2.30. The van der Waals surface area contributed by atoms with Crippen LogP contribution in [0.25, 0.3) is 11.2 Å². The summed E-state index contributed by atoms with van der Waals surface area (Å²) in [4.78, 5) is 14.9. The monoisotopic (exact) mass is 286 g/mol. The van der Waals surface area contributed by atoms with Crippen LogP contribution in [0.3, 0.4) is 0 Å². The van der Waals surface area contributed by atoms with Gasteiger partial charge in [0.1, 0.15) is 11.8 Å². The second-order valence-corrected chi connectivity index (χ2v) is 5.66. The van der Waals surface area contributed by atoms with Gasteiger partial charge in [-0.15, -0.1) is 0 Å². The molecule has 0 amide bonds. The number of fused-ring (bicyclic) bond motifs is 1. The zero-order valence-corrected chi connectivity index (χ0v) is 13.0. The van der Waals surface area contributed by atoms with Crippen LogP contribution in [0.5, 0.6) is 0 Å². The van der Waals surface area contributed by atoms with E-state index in [9.17, 15) is 0 Å². The Hall–Kier alpha value is -1.63. The molecule has 21 heavy (non-hydrogen) atoms. The highest BCUT2D eigenvalue weighted by molar-refractivity contribution is 6.08. The molecule has 2 rings (SSSR count). The third kappa shape index (κ3) is 3.53. The topological polar surface area (TPSA) is 72.9 Å². The van der Waals surface area contributed by atoms with Crippen LogP contribution >= 0.6 is 0 Å². The van der Waals surface area contributed by atoms with Gasteiger partial charge in [-0.2, -0.15) is 0 Å². The Bertz CT molecular complexity index is 578. The molecule has 0 aliphatic heterocycles. The maximum absolute atomic E-state index is 5.83. The van der Waals surface area contributed by atoms with Crippen molar-refractivity contribution in [3.63, 3.8) is 0 Å². The van der Waals surface area contributed by atoms with E-state index in [1.54, 1.807) is 6.33 Å². The third-order valence-corrected chi connectivity index (χ3v) is 3.90. The molecule has 7 heteroatoms. The predicted molar refractivity (Wildman–Crippen MR) is 85.9 cm³/mol. The minimum atomic E-state index is 0.419. The first-order valence-corrected chi connectivity index (χ1v) is 7.42. The molecule has 2 radical (unpaired) electrons. The molecule has 2 aromatic heterocycles. The van der Waals surface area contributed by atoms with E-state index in [2.05, 4.69) is 40.6 Å². The van der Waals surface area contributed by atoms with E-state index < -0.39 is 0 Å². The molecule has 0 aliphatic carbocycles. The van der Waals surface area contributed by atoms with E-state index in [0.29, 0.717) is 29.6 Å². The van der Waals surface area contributed by atoms with Gasteiger partial charge in [0.25, 0.3) is 0 Å². The van der Waals surface area contributed by atoms with Crippen molar-refractivity contribution >= 4 is 24.8 Å². The van der Waals surface area contributed by atoms with Crippen LogP contribution in [0, 0.1) is 5.92 Å². The summed E-state index contributed by atoms with van der Waals surface area (Å²) in [6.07, 6.45) is 5.04. The van der Waals surface area contributed by atoms with Gasteiger partial charge in [-0.1, -0.05) is 19.7 Å². The molecule has 1 atom stereocenters. The zero-order valence-electron chi connectivity index (χ0n) is 13.0. The van der Waals surface area contributed by atoms with Crippen molar-refractivity contribution in [1.29, 1.82) is 0 Å². The van der Waals surface area contributed by atoms with Crippen LogP contribution < -0.4 is 5.73 Å². The molecule has 0 bridgehead atoms. The van der Waals surface area contributed by atoms with Crippen LogP contribution in [-0.2, 0) is 6.67 Å². The van der Waals surface area contributed by atoms with Gasteiger partial charge in [-0.3, -0.25) is 4.90 Å². The normalized spacial score (nSPS) is 13.4. The molecule has 0 spiro atoms. The lowest BCUT2D eigenvalue weighted by atomic mass is 9.89. The fraction of sp³-hybridized carbons (Fsp3) is 0.643. The summed E-state index contributed by atoms with van der Waals surface area (Å²) in [7, 11) is 5.83. The Morgan fingerprint density at radius 3 is 2.71 bits per heavy atom. The Morgan fingerprint density at radius 1 is 1.33 bits per heavy atom. The van der Waals surface area contributed by atoms with Gasteiger partial charge >= 0.3 is 0 Å². The lowest BCUT2D eigenvalue weighted by molar-refractivity contribution is 0.149. The number of rotatable bonds is 7. The van der Waals surface area contributed by atoms with Crippen molar-refractivity contribution in [3.8, 4) is 0 Å². The van der Waals surface area contributed by atoms with Crippen LogP contribution in [0.4, 0.5) is 5.82 Å². The van der Waals surface area contributed by atoms with Crippen LogP contribution in [0.2, 0.25) is 6.32 Å². The Balaban J connectivity index is 2.21. The molecule has 1 unspecified atom stereocenters. The molecular weight excluding hydrogens is 263 g/mol. The molecule has 6 nitrogen and oxygen atoms in total. The van der Waals surface area contributed by atoms with Gasteiger partial charge in [0.05, 0.1) is 20.8 Å². The average molecular weight is 286 g/mol. The highest BCUT2D eigenvalue weighted by Gasteiger charge is 2.16. The van der Waals surface area contributed by atoms with Crippen molar-refractivity contribution in [2.45, 2.75) is 46.2 Å². The SMILES string of the molecule is [B]CC(CC)CN(Cn1cnc2c(N)ncnc21)C(C)C. The summed E-state index contributed by atoms with van der Waals surface area (Å²) in [6, 6.07) is 0.419. The number of hydrogen-bond acceptors (Lipinski definition) is 5. The highest BCUT2D eigenvalue weighted by Crippen LogP contribution is 2.17. The number of aromatic nitrogens is 4. The van der Waals surface area contributed by atoms with E-state index in [1.807, 2.05) is 4.57 Å². The molecule has 2 aromatic rings. The molecule has 0 aliphatic rings. The van der Waals surface area contributed by atoms with Gasteiger partial charge in [-0.05, 0) is 19.8 Å². The number of imidazole rings is 1. The summed E-state index contributed by atoms with van der Waals surface area (Å²) >= 11 is 0. The lowest BCUT2D eigenvalue weighted by Crippen LogP contribution is -2.36. The van der Waals surface area contributed by atoms with E-state index in [4.69, 9.17) is 13.6 Å². The molecule has 0 saturated heterocycles. The van der Waals surface area contributed by atoms with Gasteiger partial charge < -0.3 is 10.3 Å². The predicted octanol–water partition coefficient (Wildman–Crippen LogP) is 1.69. The number of nitrogens with two attached hydrogens (primary N) is 1. The van der Waals surface area contributed by atoms with Crippen molar-refractivity contribution in [2.24, 2.45) is 5.92 Å². The van der Waals surface area contributed by atoms with Crippen molar-refractivity contribution in [2.75, 3.05) is 12.3 Å². The summed E-state index contributed by atoms with van der Waals surface area (Å²) in [6.45, 7) is 8.24. The first-order chi connectivity index (χ1) is 10.1. The molecular formula is C14H23BN6. The molecule has 0 fully saturated rings. The van der Waals surface area contributed by atoms with Gasteiger partial charge in [0, 0.05) is 12.6 Å². The number of nitrogen functional groups attached to an aromatic ring is 1. The molecule has 2 N–H and O–H groups in total. The maximum atomic E-state index is 5.83. The highest BCUT2D eigenvalue weighted by atomic mass is 15.3. The van der Waals surface area contributed by atoms with Crippen LogP contribution in [-0.4, -0.2) is 44.9 Å². The Kier molecular flexibility index (Phi) is 5.17. The van der Waals surface area contributed by atoms with Crippen molar-refractivity contribution in [1.82, 2.24) is 24.4 Å². The second kappa shape index (κ2) is 6.89. The van der Waals surface area contributed by atoms with Gasteiger partial charge in [0.2, 0.25) is 0 Å². The minimum absolute atomic E-state index is 0.419. The van der Waals surface area contributed by atoms with Crippen molar-refractivity contribution in [3.05, 3.63) is 12.7 Å². The van der Waals surface area contributed by atoms with Gasteiger partial charge in [0.15, 0.2) is 11.5 Å². The first-order valence-electron chi connectivity index (χ1n) is 7.42. The fourth-order valence-electron chi connectivity index (χ4n) is 2.33. The molecule has 0 aromatic carbocycles. The quantitative estimate of drug-likeness (QED) is 0.784. The zero-order chi connectivity index (χ0) is 15.4. The molecule has 2 heterocycles. The number of anilines is 1. The van der Waals surface area contributed by atoms with Crippen LogP contribution in [0.15, 0.2) is 12.7 Å². The van der Waals surface area contributed by atoms with E-state index in [0.717, 1.165) is 25.3 Å². The standard InChI is InChI=1S/C14H23BN6/c1-4-11(5-15)6-20(10(2)3)9-21-8-19-12-13(16)17-7-18-14(12)21/h7-8,10-11H,4-6,9H2,1-3H3,(H2,16,17,18). The van der Waals surface area contributed by atoms with E-state index in [1.165, 1.54) is 6.33 Å². The maximum Gasteiger partial charge on any atom is 0.166 e. The second-order valence-electron chi connectivity index (χ2n) is 5.66. The van der Waals surface area contributed by atoms with E-state index >= 15 is 0 Å². The average Bonchev–Trinajstić information content (AvgIpc) is 2.87. The summed E-state index contributed by atoms with van der Waals surface area (Å²) in [5, 5.41) is 0. The van der Waals surface area contributed by atoms with E-state index in [-0.39, 0.29) is 0 Å². The van der Waals surface area contributed by atoms with Crippen molar-refractivity contribution < 1.29 is 0 Å². The number of hydrogen-bond donors (Lipinski definition) is 1. The minimum Gasteiger partial charge on any atom is -0.382 e. The van der Waals surface area contributed by atoms with Crippen LogP contribution in [0.1, 0.15) is 27.2 Å². The largest absolute Gasteiger partial charge is 0.382 e. The first kappa shape index (κ1) is 15.8. The Morgan fingerprint density at radius 2 is 2.10 bits per heavy atom. The third-order valence-electron chi connectivity index (χ3n) is 3.90. The Labute approximate surface area is 127 Å². The smallest absolute Gasteiger partial charge is 0.166 e. The molecule has 0 saturated carbocycles. The summed E-state index contributed by atoms with van der Waals surface area (Å²) < 4.78 is 2.01. The number of nitrogens with zero attached hydrogens (tertiary/aromatic N) is 5. The fourth-order valence-corrected chi connectivity index (χ4v) is 2.33. The van der Waals surface area contributed by atoms with Gasteiger partial charge in [-0.25, -0.2) is 15.0 Å². The summed E-state index contributed by atoms with van der Waals surface area (Å²) in [5.74, 6) is 0.921.